The second-order valence-corrected chi connectivity index (χ2v) is 5.99. The van der Waals surface area contributed by atoms with Crippen LogP contribution in [0.3, 0.4) is 0 Å². The van der Waals surface area contributed by atoms with Crippen molar-refractivity contribution in [2.45, 2.75) is 13.3 Å². The molecule has 0 fully saturated rings. The van der Waals surface area contributed by atoms with E-state index in [9.17, 15) is 4.79 Å². The fraction of sp³-hybridized carbons (Fsp3) is 0.278. The molecule has 0 aliphatic heterocycles. The molecule has 0 aliphatic rings. The molecule has 5 heteroatoms. The molecule has 0 saturated heterocycles. The third-order valence-corrected chi connectivity index (χ3v) is 4.02. The second-order valence-electron chi connectivity index (χ2n) is 5.58. The van der Waals surface area contributed by atoms with Crippen LogP contribution in [0.15, 0.2) is 42.5 Å². The summed E-state index contributed by atoms with van der Waals surface area (Å²) in [6.45, 7) is 2.47. The molecule has 0 aliphatic carbocycles. The Morgan fingerprint density at radius 2 is 1.83 bits per heavy atom. The average Bonchev–Trinajstić information content (AvgIpc) is 2.52. The Morgan fingerprint density at radius 1 is 1.13 bits per heavy atom. The van der Waals surface area contributed by atoms with Gasteiger partial charge in [-0.2, -0.15) is 0 Å². The summed E-state index contributed by atoms with van der Waals surface area (Å²) >= 11 is 6.05. The number of hydrogen-bond acceptors (Lipinski definition) is 3. The van der Waals surface area contributed by atoms with E-state index in [1.807, 2.05) is 68.4 Å². The molecule has 0 aromatic heterocycles. The largest absolute Gasteiger partial charge is 0.385 e. The van der Waals surface area contributed by atoms with Gasteiger partial charge in [0, 0.05) is 49.1 Å². The van der Waals surface area contributed by atoms with Crippen molar-refractivity contribution >= 4 is 34.6 Å². The number of benzene rings is 2. The lowest BCUT2D eigenvalue weighted by Gasteiger charge is -2.13. The molecule has 2 aromatic carbocycles. The van der Waals surface area contributed by atoms with E-state index >= 15 is 0 Å². The SMILES string of the molecule is Cc1c(Cl)cccc1NC(=O)CCNc1ccc(N(C)C)cc1. The fourth-order valence-electron chi connectivity index (χ4n) is 2.15. The van der Waals surface area contributed by atoms with Crippen LogP contribution in [0.1, 0.15) is 12.0 Å². The van der Waals surface area contributed by atoms with Crippen LogP contribution in [0.5, 0.6) is 0 Å². The molecule has 0 saturated carbocycles. The van der Waals surface area contributed by atoms with Crippen LogP contribution >= 0.6 is 11.6 Å². The van der Waals surface area contributed by atoms with Crippen LogP contribution in [-0.4, -0.2) is 26.5 Å². The Hall–Kier alpha value is -2.20. The van der Waals surface area contributed by atoms with Crippen molar-refractivity contribution in [1.29, 1.82) is 0 Å². The summed E-state index contributed by atoms with van der Waals surface area (Å²) in [5.41, 5.74) is 3.79. The van der Waals surface area contributed by atoms with Gasteiger partial charge in [-0.25, -0.2) is 0 Å². The van der Waals surface area contributed by atoms with Gasteiger partial charge >= 0.3 is 0 Å². The summed E-state index contributed by atoms with van der Waals surface area (Å²) in [6.07, 6.45) is 0.390. The number of halogens is 1. The van der Waals surface area contributed by atoms with E-state index in [0.29, 0.717) is 18.0 Å². The van der Waals surface area contributed by atoms with Gasteiger partial charge in [-0.3, -0.25) is 4.79 Å². The van der Waals surface area contributed by atoms with E-state index in [2.05, 4.69) is 10.6 Å². The average molecular weight is 332 g/mol. The minimum absolute atomic E-state index is 0.0345. The van der Waals surface area contributed by atoms with Crippen molar-refractivity contribution in [2.24, 2.45) is 0 Å². The van der Waals surface area contributed by atoms with Crippen molar-refractivity contribution in [1.82, 2.24) is 0 Å². The first-order chi connectivity index (χ1) is 11.0. The second kappa shape index (κ2) is 7.88. The van der Waals surface area contributed by atoms with E-state index in [1.54, 1.807) is 0 Å². The zero-order valence-corrected chi connectivity index (χ0v) is 14.4. The standard InChI is InChI=1S/C18H22ClN3O/c1-13-16(19)5-4-6-17(13)21-18(23)11-12-20-14-7-9-15(10-8-14)22(2)3/h4-10,20H,11-12H2,1-3H3,(H,21,23). The molecule has 23 heavy (non-hydrogen) atoms. The molecule has 2 N–H and O–H groups in total. The van der Waals surface area contributed by atoms with Crippen LogP contribution in [0.2, 0.25) is 5.02 Å². The van der Waals surface area contributed by atoms with Gasteiger partial charge in [0.05, 0.1) is 0 Å². The van der Waals surface area contributed by atoms with Crippen molar-refractivity contribution in [2.75, 3.05) is 36.2 Å². The topological polar surface area (TPSA) is 44.4 Å². The molecule has 0 radical (unpaired) electrons. The molecule has 0 heterocycles. The normalized spacial score (nSPS) is 10.3. The summed E-state index contributed by atoms with van der Waals surface area (Å²) < 4.78 is 0. The predicted molar refractivity (Wildman–Crippen MR) is 98.7 cm³/mol. The van der Waals surface area contributed by atoms with Gasteiger partial charge in [0.1, 0.15) is 0 Å². The van der Waals surface area contributed by atoms with Gasteiger partial charge in [0.15, 0.2) is 0 Å². The zero-order chi connectivity index (χ0) is 16.8. The van der Waals surface area contributed by atoms with Gasteiger partial charge < -0.3 is 15.5 Å². The Balaban J connectivity index is 1.81. The molecule has 2 rings (SSSR count). The smallest absolute Gasteiger partial charge is 0.226 e. The maximum Gasteiger partial charge on any atom is 0.226 e. The number of hydrogen-bond donors (Lipinski definition) is 2. The molecular formula is C18H22ClN3O. The van der Waals surface area contributed by atoms with Crippen LogP contribution in [-0.2, 0) is 4.79 Å². The van der Waals surface area contributed by atoms with Crippen LogP contribution in [0.4, 0.5) is 17.1 Å². The van der Waals surface area contributed by atoms with E-state index in [4.69, 9.17) is 11.6 Å². The number of carbonyl (C=O) groups excluding carboxylic acids is 1. The molecule has 0 atom stereocenters. The lowest BCUT2D eigenvalue weighted by Crippen LogP contribution is -2.17. The molecule has 4 nitrogen and oxygen atoms in total. The Kier molecular flexibility index (Phi) is 5.88. The number of nitrogens with one attached hydrogen (secondary N) is 2. The van der Waals surface area contributed by atoms with Gasteiger partial charge in [0.25, 0.3) is 0 Å². The number of nitrogens with zero attached hydrogens (tertiary/aromatic N) is 1. The molecule has 0 spiro atoms. The molecule has 2 aromatic rings. The maximum atomic E-state index is 12.0. The van der Waals surface area contributed by atoms with E-state index in [1.165, 1.54) is 0 Å². The Bertz CT molecular complexity index is 668. The Labute approximate surface area is 142 Å². The summed E-state index contributed by atoms with van der Waals surface area (Å²) in [5, 5.41) is 6.79. The first-order valence-electron chi connectivity index (χ1n) is 7.53. The van der Waals surface area contributed by atoms with E-state index < -0.39 is 0 Å². The first kappa shape index (κ1) is 17.2. The summed E-state index contributed by atoms with van der Waals surface area (Å²) in [5.74, 6) is -0.0345. The highest BCUT2D eigenvalue weighted by atomic mass is 35.5. The third kappa shape index (κ3) is 4.89. The summed E-state index contributed by atoms with van der Waals surface area (Å²) in [6, 6.07) is 13.6. The minimum atomic E-state index is -0.0345. The third-order valence-electron chi connectivity index (χ3n) is 3.61. The lowest BCUT2D eigenvalue weighted by atomic mass is 10.2. The van der Waals surface area contributed by atoms with Gasteiger partial charge in [0.2, 0.25) is 5.91 Å². The lowest BCUT2D eigenvalue weighted by molar-refractivity contribution is -0.115. The van der Waals surface area contributed by atoms with E-state index in [0.717, 1.165) is 22.6 Å². The number of rotatable bonds is 6. The summed E-state index contributed by atoms with van der Waals surface area (Å²) in [7, 11) is 4.01. The zero-order valence-electron chi connectivity index (χ0n) is 13.7. The van der Waals surface area contributed by atoms with Crippen molar-refractivity contribution < 1.29 is 4.79 Å². The highest BCUT2D eigenvalue weighted by Gasteiger charge is 2.06. The molecule has 0 unspecified atom stereocenters. The molecular weight excluding hydrogens is 310 g/mol. The van der Waals surface area contributed by atoms with Crippen molar-refractivity contribution in [3.8, 4) is 0 Å². The molecule has 122 valence electrons. The highest BCUT2D eigenvalue weighted by molar-refractivity contribution is 6.31. The summed E-state index contributed by atoms with van der Waals surface area (Å²) in [4.78, 5) is 14.1. The first-order valence-corrected chi connectivity index (χ1v) is 7.91. The number of amides is 1. The van der Waals surface area contributed by atoms with Crippen molar-refractivity contribution in [3.63, 3.8) is 0 Å². The van der Waals surface area contributed by atoms with E-state index in [-0.39, 0.29) is 5.91 Å². The van der Waals surface area contributed by atoms with Crippen molar-refractivity contribution in [3.05, 3.63) is 53.1 Å². The molecule has 0 bridgehead atoms. The van der Waals surface area contributed by atoms with Gasteiger partial charge in [-0.15, -0.1) is 0 Å². The minimum Gasteiger partial charge on any atom is -0.385 e. The number of carbonyl (C=O) groups is 1. The number of anilines is 3. The molecule has 1 amide bonds. The van der Waals surface area contributed by atoms with Crippen LogP contribution < -0.4 is 15.5 Å². The quantitative estimate of drug-likeness (QED) is 0.835. The highest BCUT2D eigenvalue weighted by Crippen LogP contribution is 2.23. The maximum absolute atomic E-state index is 12.0. The monoisotopic (exact) mass is 331 g/mol. The fourth-order valence-corrected chi connectivity index (χ4v) is 2.33. The predicted octanol–water partition coefficient (Wildman–Crippen LogP) is 4.16. The van der Waals surface area contributed by atoms with Gasteiger partial charge in [-0.05, 0) is 48.9 Å². The van der Waals surface area contributed by atoms with Crippen LogP contribution in [0, 0.1) is 6.92 Å². The van der Waals surface area contributed by atoms with Gasteiger partial charge in [-0.1, -0.05) is 17.7 Å². The van der Waals surface area contributed by atoms with Crippen LogP contribution in [0.25, 0.3) is 0 Å². The Morgan fingerprint density at radius 3 is 2.48 bits per heavy atom.